The summed E-state index contributed by atoms with van der Waals surface area (Å²) in [4.78, 5) is 10.4. The number of terminal acetylenes is 1. The van der Waals surface area contributed by atoms with Gasteiger partial charge in [0, 0.05) is 5.92 Å². The van der Waals surface area contributed by atoms with Crippen LogP contribution in [0.1, 0.15) is 20.3 Å². The lowest BCUT2D eigenvalue weighted by Crippen LogP contribution is -2.19. The van der Waals surface area contributed by atoms with Crippen molar-refractivity contribution in [1.29, 1.82) is 0 Å². The quantitative estimate of drug-likeness (QED) is 0.601. The molecule has 0 aromatic rings. The Labute approximate surface area is 61.2 Å². The first-order valence-corrected chi connectivity index (χ1v) is 3.32. The van der Waals surface area contributed by atoms with E-state index in [0.717, 1.165) is 0 Å². The van der Waals surface area contributed by atoms with Gasteiger partial charge in [-0.25, -0.2) is 0 Å². The predicted molar refractivity (Wildman–Crippen MR) is 39.4 cm³/mol. The Hall–Kier alpha value is -0.970. The van der Waals surface area contributed by atoms with Crippen LogP contribution in [0.5, 0.6) is 0 Å². The van der Waals surface area contributed by atoms with Gasteiger partial charge in [-0.2, -0.15) is 0 Å². The molecule has 2 atom stereocenters. The van der Waals surface area contributed by atoms with Crippen molar-refractivity contribution >= 4 is 5.97 Å². The molecular formula is C8H12O2. The van der Waals surface area contributed by atoms with E-state index in [1.807, 2.05) is 6.92 Å². The monoisotopic (exact) mass is 140 g/mol. The van der Waals surface area contributed by atoms with Crippen molar-refractivity contribution < 1.29 is 9.90 Å². The average Bonchev–Trinajstić information content (AvgIpc) is 1.88. The Morgan fingerprint density at radius 3 is 2.40 bits per heavy atom. The van der Waals surface area contributed by atoms with E-state index < -0.39 is 5.97 Å². The molecule has 2 nitrogen and oxygen atoms in total. The molecule has 56 valence electrons. The van der Waals surface area contributed by atoms with Crippen LogP contribution in [0.15, 0.2) is 0 Å². The SMILES string of the molecule is C#CC(C)C(CC)C(=O)O. The zero-order valence-corrected chi connectivity index (χ0v) is 6.29. The highest BCUT2D eigenvalue weighted by atomic mass is 16.4. The van der Waals surface area contributed by atoms with Crippen LogP contribution in [0.25, 0.3) is 0 Å². The molecule has 0 fully saturated rings. The normalized spacial score (nSPS) is 15.3. The van der Waals surface area contributed by atoms with Gasteiger partial charge in [0.1, 0.15) is 0 Å². The second-order valence-corrected chi connectivity index (χ2v) is 2.31. The summed E-state index contributed by atoms with van der Waals surface area (Å²) in [6.07, 6.45) is 5.67. The number of carboxylic acid groups (broad SMARTS) is 1. The van der Waals surface area contributed by atoms with Crippen LogP contribution in [0.2, 0.25) is 0 Å². The van der Waals surface area contributed by atoms with Crippen molar-refractivity contribution in [2.24, 2.45) is 11.8 Å². The van der Waals surface area contributed by atoms with Crippen LogP contribution in [0, 0.1) is 24.2 Å². The maximum atomic E-state index is 10.4. The molecule has 0 bridgehead atoms. The first-order chi connectivity index (χ1) is 4.63. The number of rotatable bonds is 3. The molecule has 0 aliphatic carbocycles. The third-order valence-corrected chi connectivity index (χ3v) is 1.62. The molecule has 0 aromatic carbocycles. The van der Waals surface area contributed by atoms with Crippen LogP contribution in [0.3, 0.4) is 0 Å². The minimum atomic E-state index is -0.798. The Balaban J connectivity index is 4.09. The first-order valence-electron chi connectivity index (χ1n) is 3.32. The van der Waals surface area contributed by atoms with Crippen LogP contribution in [0.4, 0.5) is 0 Å². The standard InChI is InChI=1S/C8H12O2/c1-4-6(3)7(5-2)8(9)10/h1,6-7H,5H2,2-3H3,(H,9,10). The summed E-state index contributed by atoms with van der Waals surface area (Å²) in [5.41, 5.74) is 0. The topological polar surface area (TPSA) is 37.3 Å². The molecule has 0 aromatic heterocycles. The van der Waals surface area contributed by atoms with Crippen molar-refractivity contribution in [3.8, 4) is 12.3 Å². The highest BCUT2D eigenvalue weighted by Gasteiger charge is 2.20. The highest BCUT2D eigenvalue weighted by Crippen LogP contribution is 2.13. The van der Waals surface area contributed by atoms with Crippen molar-refractivity contribution in [3.05, 3.63) is 0 Å². The first kappa shape index (κ1) is 9.03. The number of hydrogen-bond donors (Lipinski definition) is 1. The van der Waals surface area contributed by atoms with Crippen molar-refractivity contribution in [2.45, 2.75) is 20.3 Å². The molecule has 0 spiro atoms. The number of hydrogen-bond acceptors (Lipinski definition) is 1. The van der Waals surface area contributed by atoms with Gasteiger partial charge in [-0.1, -0.05) is 13.8 Å². The zero-order valence-electron chi connectivity index (χ0n) is 6.29. The van der Waals surface area contributed by atoms with Gasteiger partial charge in [-0.15, -0.1) is 12.3 Å². The summed E-state index contributed by atoms with van der Waals surface area (Å²) >= 11 is 0. The smallest absolute Gasteiger partial charge is 0.307 e. The predicted octanol–water partition coefficient (Wildman–Crippen LogP) is 1.37. The van der Waals surface area contributed by atoms with E-state index in [9.17, 15) is 4.79 Å². The minimum absolute atomic E-state index is 0.164. The molecule has 2 unspecified atom stereocenters. The van der Waals surface area contributed by atoms with Crippen molar-refractivity contribution in [3.63, 3.8) is 0 Å². The van der Waals surface area contributed by atoms with E-state index in [1.165, 1.54) is 0 Å². The van der Waals surface area contributed by atoms with Gasteiger partial charge in [-0.05, 0) is 6.42 Å². The minimum Gasteiger partial charge on any atom is -0.481 e. The van der Waals surface area contributed by atoms with E-state index in [2.05, 4.69) is 5.92 Å². The molecule has 0 amide bonds. The fraction of sp³-hybridized carbons (Fsp3) is 0.625. The van der Waals surface area contributed by atoms with Crippen molar-refractivity contribution in [2.75, 3.05) is 0 Å². The molecule has 0 radical (unpaired) electrons. The Morgan fingerprint density at radius 2 is 2.30 bits per heavy atom. The maximum Gasteiger partial charge on any atom is 0.307 e. The summed E-state index contributed by atoms with van der Waals surface area (Å²) in [5.74, 6) is 1.07. The largest absolute Gasteiger partial charge is 0.481 e. The number of aliphatic carboxylic acids is 1. The third kappa shape index (κ3) is 2.10. The fourth-order valence-corrected chi connectivity index (χ4v) is 0.858. The van der Waals surface area contributed by atoms with E-state index in [1.54, 1.807) is 6.92 Å². The molecule has 10 heavy (non-hydrogen) atoms. The summed E-state index contributed by atoms with van der Waals surface area (Å²) in [7, 11) is 0. The molecule has 0 saturated carbocycles. The zero-order chi connectivity index (χ0) is 8.15. The van der Waals surface area contributed by atoms with Crippen LogP contribution in [-0.2, 0) is 4.79 Å². The van der Waals surface area contributed by atoms with Gasteiger partial charge in [-0.3, -0.25) is 4.79 Å². The van der Waals surface area contributed by atoms with Crippen LogP contribution < -0.4 is 0 Å². The summed E-state index contributed by atoms with van der Waals surface area (Å²) < 4.78 is 0. The van der Waals surface area contributed by atoms with Gasteiger partial charge >= 0.3 is 5.97 Å². The van der Waals surface area contributed by atoms with E-state index in [4.69, 9.17) is 11.5 Å². The molecule has 0 rings (SSSR count). The van der Waals surface area contributed by atoms with Gasteiger partial charge in [0.2, 0.25) is 0 Å². The Bertz CT molecular complexity index is 155. The molecule has 2 heteroatoms. The van der Waals surface area contributed by atoms with Gasteiger partial charge in [0.25, 0.3) is 0 Å². The lowest BCUT2D eigenvalue weighted by Gasteiger charge is -2.11. The molecular weight excluding hydrogens is 128 g/mol. The number of carbonyl (C=O) groups is 1. The van der Waals surface area contributed by atoms with Crippen LogP contribution >= 0.6 is 0 Å². The summed E-state index contributed by atoms with van der Waals surface area (Å²) in [6.45, 7) is 3.58. The van der Waals surface area contributed by atoms with Gasteiger partial charge in [0.15, 0.2) is 0 Å². The lowest BCUT2D eigenvalue weighted by atomic mass is 9.93. The van der Waals surface area contributed by atoms with E-state index in [0.29, 0.717) is 6.42 Å². The van der Waals surface area contributed by atoms with Gasteiger partial charge in [0.05, 0.1) is 5.92 Å². The van der Waals surface area contributed by atoms with Gasteiger partial charge < -0.3 is 5.11 Å². The maximum absolute atomic E-state index is 10.4. The molecule has 0 aliphatic rings. The third-order valence-electron chi connectivity index (χ3n) is 1.62. The lowest BCUT2D eigenvalue weighted by molar-refractivity contribution is -0.142. The van der Waals surface area contributed by atoms with E-state index >= 15 is 0 Å². The van der Waals surface area contributed by atoms with E-state index in [-0.39, 0.29) is 11.8 Å². The Morgan fingerprint density at radius 1 is 1.80 bits per heavy atom. The number of carboxylic acids is 1. The summed E-state index contributed by atoms with van der Waals surface area (Å²) in [5, 5.41) is 8.58. The molecule has 0 saturated heterocycles. The van der Waals surface area contributed by atoms with Crippen molar-refractivity contribution in [1.82, 2.24) is 0 Å². The summed E-state index contributed by atoms with van der Waals surface area (Å²) in [6, 6.07) is 0. The van der Waals surface area contributed by atoms with Crippen LogP contribution in [-0.4, -0.2) is 11.1 Å². The second-order valence-electron chi connectivity index (χ2n) is 2.31. The highest BCUT2D eigenvalue weighted by molar-refractivity contribution is 5.70. The Kier molecular flexibility index (Phi) is 3.56. The fourth-order valence-electron chi connectivity index (χ4n) is 0.858. The molecule has 1 N–H and O–H groups in total. The molecule has 0 heterocycles. The molecule has 0 aliphatic heterocycles. The second kappa shape index (κ2) is 3.94. The average molecular weight is 140 g/mol.